The van der Waals surface area contributed by atoms with Gasteiger partial charge in [-0.15, -0.1) is 0 Å². The van der Waals surface area contributed by atoms with Crippen LogP contribution in [0.25, 0.3) is 11.0 Å². The molecule has 0 amide bonds. The second-order valence-electron chi connectivity index (χ2n) is 3.93. The van der Waals surface area contributed by atoms with Gasteiger partial charge in [-0.3, -0.25) is 0 Å². The fraction of sp³-hybridized carbons (Fsp3) is 0.500. The Morgan fingerprint density at radius 3 is 2.94 bits per heavy atom. The van der Waals surface area contributed by atoms with E-state index in [1.807, 2.05) is 4.68 Å². The van der Waals surface area contributed by atoms with E-state index in [1.165, 1.54) is 6.33 Å². The molecule has 0 saturated carbocycles. The first-order valence-corrected chi connectivity index (χ1v) is 5.37. The van der Waals surface area contributed by atoms with Crippen molar-refractivity contribution >= 4 is 16.9 Å². The Kier molecular flexibility index (Phi) is 2.21. The summed E-state index contributed by atoms with van der Waals surface area (Å²) in [5.74, 6) is 0.489. The minimum absolute atomic E-state index is 0.362. The maximum atomic E-state index is 5.77. The van der Waals surface area contributed by atoms with Gasteiger partial charge >= 0.3 is 0 Å². The van der Waals surface area contributed by atoms with Gasteiger partial charge in [-0.25, -0.2) is 14.6 Å². The fourth-order valence-electron chi connectivity index (χ4n) is 2.08. The van der Waals surface area contributed by atoms with Crippen molar-refractivity contribution in [2.45, 2.75) is 18.9 Å². The van der Waals surface area contributed by atoms with Crippen molar-refractivity contribution < 1.29 is 4.74 Å². The number of fused-ring (bicyclic) bond motifs is 1. The van der Waals surface area contributed by atoms with Crippen LogP contribution >= 0.6 is 0 Å². The van der Waals surface area contributed by atoms with Crippen molar-refractivity contribution in [2.75, 3.05) is 18.9 Å². The van der Waals surface area contributed by atoms with Crippen LogP contribution in [-0.4, -0.2) is 33.0 Å². The van der Waals surface area contributed by atoms with Crippen molar-refractivity contribution in [1.29, 1.82) is 0 Å². The molecule has 2 N–H and O–H groups in total. The highest BCUT2D eigenvalue weighted by Crippen LogP contribution is 2.25. The van der Waals surface area contributed by atoms with Gasteiger partial charge in [0, 0.05) is 13.2 Å². The number of nitrogen functional groups attached to an aromatic ring is 1. The smallest absolute Gasteiger partial charge is 0.163 e. The predicted molar refractivity (Wildman–Crippen MR) is 58.8 cm³/mol. The summed E-state index contributed by atoms with van der Waals surface area (Å²) >= 11 is 0. The molecule has 1 saturated heterocycles. The van der Waals surface area contributed by atoms with Gasteiger partial charge in [0.25, 0.3) is 0 Å². The Balaban J connectivity index is 2.06. The molecule has 0 radical (unpaired) electrons. The van der Waals surface area contributed by atoms with Gasteiger partial charge in [0.1, 0.15) is 12.1 Å². The molecule has 0 aliphatic carbocycles. The normalized spacial score (nSPS) is 18.0. The van der Waals surface area contributed by atoms with Crippen LogP contribution in [0.4, 0.5) is 5.82 Å². The maximum Gasteiger partial charge on any atom is 0.163 e. The van der Waals surface area contributed by atoms with E-state index in [0.717, 1.165) is 37.1 Å². The molecule has 6 heteroatoms. The van der Waals surface area contributed by atoms with E-state index >= 15 is 0 Å². The molecule has 2 aromatic heterocycles. The molecular weight excluding hydrogens is 206 g/mol. The van der Waals surface area contributed by atoms with Crippen LogP contribution in [0.1, 0.15) is 18.9 Å². The molecule has 3 heterocycles. The lowest BCUT2D eigenvalue weighted by atomic mass is 10.1. The van der Waals surface area contributed by atoms with Gasteiger partial charge < -0.3 is 10.5 Å². The van der Waals surface area contributed by atoms with Crippen LogP contribution < -0.4 is 5.73 Å². The van der Waals surface area contributed by atoms with Crippen LogP contribution in [0.2, 0.25) is 0 Å². The van der Waals surface area contributed by atoms with Gasteiger partial charge in [0.2, 0.25) is 0 Å². The lowest BCUT2D eigenvalue weighted by molar-refractivity contribution is 0.0673. The highest BCUT2D eigenvalue weighted by Gasteiger charge is 2.19. The van der Waals surface area contributed by atoms with E-state index in [1.54, 1.807) is 6.20 Å². The molecule has 0 spiro atoms. The lowest BCUT2D eigenvalue weighted by Gasteiger charge is -2.22. The predicted octanol–water partition coefficient (Wildman–Crippen LogP) is 0.760. The number of ether oxygens (including phenoxy) is 1. The number of hydrogen-bond donors (Lipinski definition) is 1. The molecule has 16 heavy (non-hydrogen) atoms. The zero-order valence-corrected chi connectivity index (χ0v) is 8.83. The molecule has 0 atom stereocenters. The largest absolute Gasteiger partial charge is 0.383 e. The van der Waals surface area contributed by atoms with E-state index in [2.05, 4.69) is 15.1 Å². The third kappa shape index (κ3) is 1.42. The van der Waals surface area contributed by atoms with Crippen LogP contribution in [0.15, 0.2) is 12.5 Å². The molecule has 0 unspecified atom stereocenters. The van der Waals surface area contributed by atoms with Crippen LogP contribution in [0.3, 0.4) is 0 Å². The number of nitrogens with two attached hydrogens (primary N) is 1. The third-order valence-electron chi connectivity index (χ3n) is 2.96. The zero-order valence-electron chi connectivity index (χ0n) is 8.83. The number of hydrogen-bond acceptors (Lipinski definition) is 5. The highest BCUT2D eigenvalue weighted by molar-refractivity contribution is 5.84. The van der Waals surface area contributed by atoms with Crippen molar-refractivity contribution in [3.63, 3.8) is 0 Å². The minimum atomic E-state index is 0.362. The number of anilines is 1. The zero-order chi connectivity index (χ0) is 11.0. The minimum Gasteiger partial charge on any atom is -0.383 e. The standard InChI is InChI=1S/C10H13N5O/c11-9-8-5-14-15(10(8)13-6-12-9)7-1-3-16-4-2-7/h5-7H,1-4H2,(H2,11,12,13). The highest BCUT2D eigenvalue weighted by atomic mass is 16.5. The summed E-state index contributed by atoms with van der Waals surface area (Å²) in [6.07, 6.45) is 5.16. The van der Waals surface area contributed by atoms with E-state index in [4.69, 9.17) is 10.5 Å². The number of rotatable bonds is 1. The molecule has 6 nitrogen and oxygen atoms in total. The van der Waals surface area contributed by atoms with Gasteiger partial charge in [-0.1, -0.05) is 0 Å². The molecule has 3 rings (SSSR count). The summed E-state index contributed by atoms with van der Waals surface area (Å²) in [4.78, 5) is 8.20. The second kappa shape index (κ2) is 3.71. The van der Waals surface area contributed by atoms with E-state index < -0.39 is 0 Å². The Morgan fingerprint density at radius 2 is 2.12 bits per heavy atom. The number of nitrogens with zero attached hydrogens (tertiary/aromatic N) is 4. The Bertz CT molecular complexity index is 503. The van der Waals surface area contributed by atoms with Gasteiger partial charge in [0.15, 0.2) is 5.65 Å². The summed E-state index contributed by atoms with van der Waals surface area (Å²) in [6, 6.07) is 0.362. The average Bonchev–Trinajstić information content (AvgIpc) is 2.75. The Hall–Kier alpha value is -1.69. The topological polar surface area (TPSA) is 78.9 Å². The molecule has 1 aliphatic rings. The monoisotopic (exact) mass is 219 g/mol. The summed E-state index contributed by atoms with van der Waals surface area (Å²) < 4.78 is 7.28. The van der Waals surface area contributed by atoms with Crippen molar-refractivity contribution in [1.82, 2.24) is 19.7 Å². The van der Waals surface area contributed by atoms with Crippen LogP contribution in [0.5, 0.6) is 0 Å². The summed E-state index contributed by atoms with van der Waals surface area (Å²) in [5.41, 5.74) is 6.59. The SMILES string of the molecule is Nc1ncnc2c1cnn2C1CCOCC1. The Morgan fingerprint density at radius 1 is 1.31 bits per heavy atom. The van der Waals surface area contributed by atoms with E-state index in [0.29, 0.717) is 11.9 Å². The molecule has 84 valence electrons. The molecule has 0 aromatic carbocycles. The molecule has 0 bridgehead atoms. The summed E-state index contributed by atoms with van der Waals surface area (Å²) in [5, 5.41) is 5.19. The first-order valence-electron chi connectivity index (χ1n) is 5.37. The first-order chi connectivity index (χ1) is 7.86. The van der Waals surface area contributed by atoms with E-state index in [9.17, 15) is 0 Å². The van der Waals surface area contributed by atoms with Gasteiger partial charge in [-0.2, -0.15) is 5.10 Å². The van der Waals surface area contributed by atoms with E-state index in [-0.39, 0.29) is 0 Å². The molecule has 1 aliphatic heterocycles. The second-order valence-corrected chi connectivity index (χ2v) is 3.93. The maximum absolute atomic E-state index is 5.77. The van der Waals surface area contributed by atoms with Crippen molar-refractivity contribution in [3.05, 3.63) is 12.5 Å². The quantitative estimate of drug-likeness (QED) is 0.766. The van der Waals surface area contributed by atoms with Crippen LogP contribution in [0, 0.1) is 0 Å². The summed E-state index contributed by atoms with van der Waals surface area (Å²) in [6.45, 7) is 1.57. The lowest BCUT2D eigenvalue weighted by Crippen LogP contribution is -2.20. The average molecular weight is 219 g/mol. The van der Waals surface area contributed by atoms with Gasteiger partial charge in [-0.05, 0) is 12.8 Å². The third-order valence-corrected chi connectivity index (χ3v) is 2.96. The van der Waals surface area contributed by atoms with Crippen molar-refractivity contribution in [3.8, 4) is 0 Å². The van der Waals surface area contributed by atoms with Crippen molar-refractivity contribution in [2.24, 2.45) is 0 Å². The van der Waals surface area contributed by atoms with Gasteiger partial charge in [0.05, 0.1) is 17.6 Å². The molecule has 1 fully saturated rings. The Labute approximate surface area is 92.4 Å². The molecule has 2 aromatic rings. The summed E-state index contributed by atoms with van der Waals surface area (Å²) in [7, 11) is 0. The fourth-order valence-corrected chi connectivity index (χ4v) is 2.08. The first kappa shape index (κ1) is 9.53. The molecular formula is C10H13N5O. The van der Waals surface area contributed by atoms with Crippen LogP contribution in [-0.2, 0) is 4.74 Å². The number of aromatic nitrogens is 4.